The molecule has 138 valence electrons. The molecule has 1 aromatic rings. The highest BCUT2D eigenvalue weighted by Gasteiger charge is 2.33. The van der Waals surface area contributed by atoms with Crippen molar-refractivity contribution in [3.05, 3.63) is 29.3 Å². The molecule has 5 nitrogen and oxygen atoms in total. The minimum absolute atomic E-state index is 0.0751. The van der Waals surface area contributed by atoms with Crippen LogP contribution in [-0.2, 0) is 17.7 Å². The molecular weight excluding hydrogens is 316 g/mol. The molecular formula is C20H30N2O3. The number of aliphatic hydroxyl groups is 1. The van der Waals surface area contributed by atoms with E-state index in [2.05, 4.69) is 41.8 Å². The van der Waals surface area contributed by atoms with E-state index < -0.39 is 0 Å². The van der Waals surface area contributed by atoms with Crippen LogP contribution >= 0.6 is 0 Å². The summed E-state index contributed by atoms with van der Waals surface area (Å²) in [5.41, 5.74) is 2.64. The molecule has 0 spiro atoms. The summed E-state index contributed by atoms with van der Waals surface area (Å²) in [5.74, 6) is 1.05. The molecule has 0 aliphatic carbocycles. The molecule has 2 fully saturated rings. The third kappa shape index (κ3) is 3.85. The average Bonchev–Trinajstić information content (AvgIpc) is 3.02. The van der Waals surface area contributed by atoms with Crippen LogP contribution in [-0.4, -0.2) is 72.0 Å². The summed E-state index contributed by atoms with van der Waals surface area (Å²) >= 11 is 0. The molecule has 25 heavy (non-hydrogen) atoms. The smallest absolute Gasteiger partial charge is 0.123 e. The predicted molar refractivity (Wildman–Crippen MR) is 96.9 cm³/mol. The van der Waals surface area contributed by atoms with Gasteiger partial charge in [0.2, 0.25) is 0 Å². The van der Waals surface area contributed by atoms with Crippen LogP contribution < -0.4 is 4.74 Å². The lowest BCUT2D eigenvalue weighted by Crippen LogP contribution is -2.44. The lowest BCUT2D eigenvalue weighted by atomic mass is 10.00. The quantitative estimate of drug-likeness (QED) is 0.902. The zero-order valence-corrected chi connectivity index (χ0v) is 15.4. The first kappa shape index (κ1) is 17.3. The molecule has 1 N–H and O–H groups in total. The lowest BCUT2D eigenvalue weighted by molar-refractivity contribution is 0.0837. The molecule has 0 unspecified atom stereocenters. The fourth-order valence-corrected chi connectivity index (χ4v) is 4.38. The van der Waals surface area contributed by atoms with Crippen molar-refractivity contribution in [2.24, 2.45) is 0 Å². The van der Waals surface area contributed by atoms with Gasteiger partial charge < -0.3 is 14.6 Å². The van der Waals surface area contributed by atoms with E-state index in [1.807, 2.05) is 0 Å². The SMILES string of the molecule is CC1(C)Cc2cc(CN3CCCN([C@@H]4COC[C@H]4O)CC3)ccc2O1. The molecule has 0 saturated carbocycles. The Morgan fingerprint density at radius 3 is 2.84 bits per heavy atom. The maximum absolute atomic E-state index is 10.1. The predicted octanol–water partition coefficient (Wildman–Crippen LogP) is 1.67. The van der Waals surface area contributed by atoms with E-state index >= 15 is 0 Å². The molecule has 3 aliphatic rings. The van der Waals surface area contributed by atoms with Gasteiger partial charge in [-0.1, -0.05) is 12.1 Å². The van der Waals surface area contributed by atoms with Gasteiger partial charge in [0.05, 0.1) is 25.4 Å². The highest BCUT2D eigenvalue weighted by molar-refractivity contribution is 5.41. The molecule has 5 heteroatoms. The van der Waals surface area contributed by atoms with Crippen LogP contribution in [0.5, 0.6) is 5.75 Å². The Morgan fingerprint density at radius 1 is 1.16 bits per heavy atom. The second-order valence-electron chi connectivity index (χ2n) is 8.32. The van der Waals surface area contributed by atoms with Crippen molar-refractivity contribution in [3.63, 3.8) is 0 Å². The molecule has 2 atom stereocenters. The summed E-state index contributed by atoms with van der Waals surface area (Å²) in [5, 5.41) is 10.1. The highest BCUT2D eigenvalue weighted by atomic mass is 16.5. The van der Waals surface area contributed by atoms with Gasteiger partial charge in [0.15, 0.2) is 0 Å². The maximum atomic E-state index is 10.1. The third-order valence-corrected chi connectivity index (χ3v) is 5.65. The Labute approximate surface area is 150 Å². The van der Waals surface area contributed by atoms with Gasteiger partial charge in [-0.15, -0.1) is 0 Å². The Morgan fingerprint density at radius 2 is 2.04 bits per heavy atom. The molecule has 3 heterocycles. The standard InChI is InChI=1S/C20H30N2O3/c1-20(2)11-16-10-15(4-5-19(16)25-20)12-21-6-3-7-22(9-8-21)17-13-24-14-18(17)23/h4-5,10,17-18,23H,3,6-9,11-14H2,1-2H3/t17-,18-/m1/s1. The van der Waals surface area contributed by atoms with Crippen LogP contribution in [0.4, 0.5) is 0 Å². The van der Waals surface area contributed by atoms with Gasteiger partial charge in [-0.05, 0) is 50.6 Å². The average molecular weight is 346 g/mol. The fraction of sp³-hybridized carbons (Fsp3) is 0.700. The first-order valence-electron chi connectivity index (χ1n) is 9.53. The maximum Gasteiger partial charge on any atom is 0.123 e. The minimum Gasteiger partial charge on any atom is -0.487 e. The Balaban J connectivity index is 1.36. The minimum atomic E-state index is -0.327. The number of rotatable bonds is 3. The first-order valence-corrected chi connectivity index (χ1v) is 9.53. The molecule has 1 aromatic carbocycles. The lowest BCUT2D eigenvalue weighted by Gasteiger charge is -2.28. The normalized spacial score (nSPS) is 30.0. The van der Waals surface area contributed by atoms with Crippen LogP contribution in [0, 0.1) is 0 Å². The Kier molecular flexibility index (Phi) is 4.75. The Bertz CT molecular complexity index is 619. The van der Waals surface area contributed by atoms with Crippen LogP contribution in [0.3, 0.4) is 0 Å². The van der Waals surface area contributed by atoms with E-state index in [-0.39, 0.29) is 17.7 Å². The van der Waals surface area contributed by atoms with Crippen molar-refractivity contribution in [1.29, 1.82) is 0 Å². The number of aliphatic hydroxyl groups excluding tert-OH is 1. The van der Waals surface area contributed by atoms with E-state index in [9.17, 15) is 5.11 Å². The van der Waals surface area contributed by atoms with E-state index in [1.165, 1.54) is 11.1 Å². The van der Waals surface area contributed by atoms with E-state index in [0.717, 1.165) is 51.3 Å². The van der Waals surface area contributed by atoms with Gasteiger partial charge in [-0.25, -0.2) is 0 Å². The molecule has 0 bridgehead atoms. The van der Waals surface area contributed by atoms with Gasteiger partial charge in [-0.2, -0.15) is 0 Å². The topological polar surface area (TPSA) is 45.2 Å². The molecule has 3 aliphatic heterocycles. The summed E-state index contributed by atoms with van der Waals surface area (Å²) in [6.07, 6.45) is 1.81. The Hall–Kier alpha value is -1.14. The van der Waals surface area contributed by atoms with Crippen molar-refractivity contribution in [1.82, 2.24) is 9.80 Å². The monoisotopic (exact) mass is 346 g/mol. The van der Waals surface area contributed by atoms with E-state index in [4.69, 9.17) is 9.47 Å². The number of fused-ring (bicyclic) bond motifs is 1. The van der Waals surface area contributed by atoms with Crippen LogP contribution in [0.1, 0.15) is 31.4 Å². The molecule has 4 rings (SSSR count). The van der Waals surface area contributed by atoms with Gasteiger partial charge in [0.1, 0.15) is 11.4 Å². The van der Waals surface area contributed by atoms with Crippen LogP contribution in [0.15, 0.2) is 18.2 Å². The number of nitrogens with zero attached hydrogens (tertiary/aromatic N) is 2. The summed E-state index contributed by atoms with van der Waals surface area (Å²) < 4.78 is 11.4. The summed E-state index contributed by atoms with van der Waals surface area (Å²) in [7, 11) is 0. The second-order valence-corrected chi connectivity index (χ2v) is 8.32. The van der Waals surface area contributed by atoms with Crippen molar-refractivity contribution >= 4 is 0 Å². The van der Waals surface area contributed by atoms with Gasteiger partial charge in [-0.3, -0.25) is 9.80 Å². The van der Waals surface area contributed by atoms with Crippen molar-refractivity contribution in [2.45, 2.75) is 51.0 Å². The zero-order valence-electron chi connectivity index (χ0n) is 15.4. The molecule has 0 radical (unpaired) electrons. The van der Waals surface area contributed by atoms with Gasteiger partial charge >= 0.3 is 0 Å². The van der Waals surface area contributed by atoms with Crippen LogP contribution in [0.2, 0.25) is 0 Å². The number of benzene rings is 1. The molecule has 0 aromatic heterocycles. The molecule has 0 amide bonds. The van der Waals surface area contributed by atoms with Crippen molar-refractivity contribution in [2.75, 3.05) is 39.4 Å². The molecule has 2 saturated heterocycles. The van der Waals surface area contributed by atoms with Crippen molar-refractivity contribution in [3.8, 4) is 5.75 Å². The highest BCUT2D eigenvalue weighted by Crippen LogP contribution is 2.35. The first-order chi connectivity index (χ1) is 12.0. The summed E-state index contributed by atoms with van der Waals surface area (Å²) in [4.78, 5) is 4.95. The third-order valence-electron chi connectivity index (χ3n) is 5.65. The largest absolute Gasteiger partial charge is 0.487 e. The van der Waals surface area contributed by atoms with Crippen LogP contribution in [0.25, 0.3) is 0 Å². The van der Waals surface area contributed by atoms with Gasteiger partial charge in [0.25, 0.3) is 0 Å². The number of ether oxygens (including phenoxy) is 2. The summed E-state index contributed by atoms with van der Waals surface area (Å²) in [6, 6.07) is 6.84. The zero-order chi connectivity index (χ0) is 17.4. The summed E-state index contributed by atoms with van der Waals surface area (Å²) in [6.45, 7) is 10.7. The fourth-order valence-electron chi connectivity index (χ4n) is 4.38. The van der Waals surface area contributed by atoms with Gasteiger partial charge in [0, 0.05) is 26.1 Å². The van der Waals surface area contributed by atoms with E-state index in [1.54, 1.807) is 0 Å². The second kappa shape index (κ2) is 6.88. The number of hydrogen-bond acceptors (Lipinski definition) is 5. The number of hydrogen-bond donors (Lipinski definition) is 1. The van der Waals surface area contributed by atoms with Crippen molar-refractivity contribution < 1.29 is 14.6 Å². The van der Waals surface area contributed by atoms with E-state index in [0.29, 0.717) is 13.2 Å².